The molecule has 7 nitrogen and oxygen atoms in total. The van der Waals surface area contributed by atoms with Crippen LogP contribution in [0.5, 0.6) is 11.5 Å². The standard InChI is InChI=1S/C22H20N2O5/c1-16(29-21-10-6-5-9-20(21)24(26)27)22(25)23-18-11-13-19(14-12-18)28-15-17-7-3-2-4-8-17/h2-14,16H,15H2,1H3,(H,23,25). The lowest BCUT2D eigenvalue weighted by molar-refractivity contribution is -0.386. The van der Waals surface area contributed by atoms with Gasteiger partial charge in [-0.3, -0.25) is 14.9 Å². The molecule has 0 aliphatic carbocycles. The lowest BCUT2D eigenvalue weighted by Gasteiger charge is -2.15. The fraction of sp³-hybridized carbons (Fsp3) is 0.136. The van der Waals surface area contributed by atoms with E-state index in [4.69, 9.17) is 9.47 Å². The van der Waals surface area contributed by atoms with Crippen LogP contribution in [0.1, 0.15) is 12.5 Å². The number of anilines is 1. The topological polar surface area (TPSA) is 90.7 Å². The maximum absolute atomic E-state index is 12.4. The summed E-state index contributed by atoms with van der Waals surface area (Å²) in [4.78, 5) is 22.9. The van der Waals surface area contributed by atoms with Crippen molar-refractivity contribution >= 4 is 17.3 Å². The van der Waals surface area contributed by atoms with Gasteiger partial charge in [0.15, 0.2) is 11.9 Å². The highest BCUT2D eigenvalue weighted by atomic mass is 16.6. The molecule has 1 unspecified atom stereocenters. The quantitative estimate of drug-likeness (QED) is 0.448. The Morgan fingerprint density at radius 2 is 1.66 bits per heavy atom. The summed E-state index contributed by atoms with van der Waals surface area (Å²) in [6.07, 6.45) is -0.912. The highest BCUT2D eigenvalue weighted by Crippen LogP contribution is 2.27. The maximum Gasteiger partial charge on any atom is 0.310 e. The summed E-state index contributed by atoms with van der Waals surface area (Å²) < 4.78 is 11.2. The van der Waals surface area contributed by atoms with Crippen molar-refractivity contribution in [2.24, 2.45) is 0 Å². The number of benzene rings is 3. The van der Waals surface area contributed by atoms with Crippen LogP contribution in [0.3, 0.4) is 0 Å². The fourth-order valence-corrected chi connectivity index (χ4v) is 2.57. The van der Waals surface area contributed by atoms with E-state index in [1.54, 1.807) is 30.3 Å². The molecule has 3 aromatic carbocycles. The zero-order valence-corrected chi connectivity index (χ0v) is 15.8. The molecule has 29 heavy (non-hydrogen) atoms. The second kappa shape index (κ2) is 9.36. The van der Waals surface area contributed by atoms with Gasteiger partial charge in [0.1, 0.15) is 12.4 Å². The number of hydrogen-bond acceptors (Lipinski definition) is 5. The van der Waals surface area contributed by atoms with Crippen molar-refractivity contribution in [1.29, 1.82) is 0 Å². The van der Waals surface area contributed by atoms with Gasteiger partial charge in [-0.05, 0) is 42.8 Å². The van der Waals surface area contributed by atoms with Crippen LogP contribution >= 0.6 is 0 Å². The van der Waals surface area contributed by atoms with E-state index in [9.17, 15) is 14.9 Å². The van der Waals surface area contributed by atoms with Crippen LogP contribution in [0, 0.1) is 10.1 Å². The predicted octanol–water partition coefficient (Wildman–Crippen LogP) is 4.58. The molecule has 0 aliphatic rings. The molecule has 7 heteroatoms. The summed E-state index contributed by atoms with van der Waals surface area (Å²) in [6, 6.07) is 22.7. The van der Waals surface area contributed by atoms with Crippen molar-refractivity contribution in [1.82, 2.24) is 0 Å². The number of hydrogen-bond donors (Lipinski definition) is 1. The second-order valence-electron chi connectivity index (χ2n) is 6.27. The van der Waals surface area contributed by atoms with Gasteiger partial charge in [-0.25, -0.2) is 0 Å². The molecule has 0 heterocycles. The number of carbonyl (C=O) groups excluding carboxylic acids is 1. The molecule has 0 bridgehead atoms. The Morgan fingerprint density at radius 3 is 2.34 bits per heavy atom. The zero-order valence-electron chi connectivity index (χ0n) is 15.8. The third kappa shape index (κ3) is 5.55. The van der Waals surface area contributed by atoms with E-state index in [2.05, 4.69) is 5.32 Å². The molecule has 0 saturated heterocycles. The van der Waals surface area contributed by atoms with Crippen LogP contribution in [-0.4, -0.2) is 16.9 Å². The van der Waals surface area contributed by atoms with Gasteiger partial charge in [-0.1, -0.05) is 42.5 Å². The molecule has 0 aromatic heterocycles. The van der Waals surface area contributed by atoms with Crippen molar-refractivity contribution < 1.29 is 19.2 Å². The molecule has 0 radical (unpaired) electrons. The number of ether oxygens (including phenoxy) is 2. The Labute approximate surface area is 168 Å². The van der Waals surface area contributed by atoms with Crippen LogP contribution in [0.25, 0.3) is 0 Å². The fourth-order valence-electron chi connectivity index (χ4n) is 2.57. The Bertz CT molecular complexity index is 974. The summed E-state index contributed by atoms with van der Waals surface area (Å²) in [5.41, 5.74) is 1.44. The lowest BCUT2D eigenvalue weighted by atomic mass is 10.2. The van der Waals surface area contributed by atoms with E-state index < -0.39 is 16.9 Å². The molecule has 0 aliphatic heterocycles. The third-order valence-corrected chi connectivity index (χ3v) is 4.11. The van der Waals surface area contributed by atoms with Crippen molar-refractivity contribution in [3.63, 3.8) is 0 Å². The summed E-state index contributed by atoms with van der Waals surface area (Å²) in [7, 11) is 0. The first-order chi connectivity index (χ1) is 14.0. The molecule has 3 aromatic rings. The van der Waals surface area contributed by atoms with E-state index in [0.29, 0.717) is 18.0 Å². The Morgan fingerprint density at radius 1 is 1.00 bits per heavy atom. The highest BCUT2D eigenvalue weighted by molar-refractivity contribution is 5.94. The normalized spacial score (nSPS) is 11.3. The van der Waals surface area contributed by atoms with Gasteiger partial charge in [0.2, 0.25) is 0 Å². The number of nitro groups is 1. The number of nitro benzene ring substituents is 1. The van der Waals surface area contributed by atoms with Crippen molar-refractivity contribution in [2.75, 3.05) is 5.32 Å². The van der Waals surface area contributed by atoms with E-state index in [1.807, 2.05) is 30.3 Å². The van der Waals surface area contributed by atoms with Crippen LogP contribution < -0.4 is 14.8 Å². The summed E-state index contributed by atoms with van der Waals surface area (Å²) >= 11 is 0. The first-order valence-corrected chi connectivity index (χ1v) is 9.00. The highest BCUT2D eigenvalue weighted by Gasteiger charge is 2.20. The maximum atomic E-state index is 12.4. The van der Waals surface area contributed by atoms with Crippen LogP contribution in [0.2, 0.25) is 0 Å². The Kier molecular flexibility index (Phi) is 6.42. The van der Waals surface area contributed by atoms with Gasteiger partial charge in [-0.15, -0.1) is 0 Å². The number of rotatable bonds is 8. The first kappa shape index (κ1) is 19.9. The van der Waals surface area contributed by atoms with E-state index >= 15 is 0 Å². The summed E-state index contributed by atoms with van der Waals surface area (Å²) in [5.74, 6) is 0.307. The van der Waals surface area contributed by atoms with E-state index in [0.717, 1.165) is 5.56 Å². The largest absolute Gasteiger partial charge is 0.489 e. The number of nitrogens with one attached hydrogen (secondary N) is 1. The molecule has 3 rings (SSSR count). The van der Waals surface area contributed by atoms with Gasteiger partial charge in [0.05, 0.1) is 4.92 Å². The van der Waals surface area contributed by atoms with E-state index in [1.165, 1.54) is 25.1 Å². The molecule has 1 N–H and O–H groups in total. The van der Waals surface area contributed by atoms with Crippen molar-refractivity contribution in [3.8, 4) is 11.5 Å². The SMILES string of the molecule is CC(Oc1ccccc1[N+](=O)[O-])C(=O)Nc1ccc(OCc2ccccc2)cc1. The second-order valence-corrected chi connectivity index (χ2v) is 6.27. The number of para-hydroxylation sites is 2. The molecule has 0 fully saturated rings. The summed E-state index contributed by atoms with van der Waals surface area (Å²) in [5, 5.41) is 13.8. The minimum Gasteiger partial charge on any atom is -0.489 e. The van der Waals surface area contributed by atoms with Gasteiger partial charge >= 0.3 is 5.69 Å². The molecule has 0 spiro atoms. The molecule has 0 saturated carbocycles. The molecule has 1 atom stereocenters. The lowest BCUT2D eigenvalue weighted by Crippen LogP contribution is -2.30. The molecule has 148 valence electrons. The number of carbonyl (C=O) groups is 1. The monoisotopic (exact) mass is 392 g/mol. The van der Waals surface area contributed by atoms with Crippen LogP contribution in [0.4, 0.5) is 11.4 Å². The van der Waals surface area contributed by atoms with E-state index in [-0.39, 0.29) is 11.4 Å². The van der Waals surface area contributed by atoms with Crippen molar-refractivity contribution in [3.05, 3.63) is 94.5 Å². The van der Waals surface area contributed by atoms with Crippen LogP contribution in [0.15, 0.2) is 78.9 Å². The summed E-state index contributed by atoms with van der Waals surface area (Å²) in [6.45, 7) is 1.98. The molecular weight excluding hydrogens is 372 g/mol. The molecule has 1 amide bonds. The van der Waals surface area contributed by atoms with Crippen molar-refractivity contribution in [2.45, 2.75) is 19.6 Å². The smallest absolute Gasteiger partial charge is 0.310 e. The van der Waals surface area contributed by atoms with Gasteiger partial charge in [0, 0.05) is 11.8 Å². The average molecular weight is 392 g/mol. The molecular formula is C22H20N2O5. The minimum atomic E-state index is -0.912. The number of nitrogens with zero attached hydrogens (tertiary/aromatic N) is 1. The predicted molar refractivity (Wildman–Crippen MR) is 109 cm³/mol. The van der Waals surface area contributed by atoms with Crippen LogP contribution in [-0.2, 0) is 11.4 Å². The average Bonchev–Trinajstić information content (AvgIpc) is 2.74. The van der Waals surface area contributed by atoms with Gasteiger partial charge < -0.3 is 14.8 Å². The van der Waals surface area contributed by atoms with Gasteiger partial charge in [-0.2, -0.15) is 0 Å². The van der Waals surface area contributed by atoms with Gasteiger partial charge in [0.25, 0.3) is 5.91 Å². The Hall–Kier alpha value is -3.87. The minimum absolute atomic E-state index is 0.0461. The Balaban J connectivity index is 1.55. The number of amides is 1. The zero-order chi connectivity index (χ0) is 20.6. The third-order valence-electron chi connectivity index (χ3n) is 4.11. The first-order valence-electron chi connectivity index (χ1n) is 9.00.